The van der Waals surface area contributed by atoms with E-state index in [9.17, 15) is 31.1 Å². The number of nitrogens with zero attached hydrogens (tertiary/aromatic N) is 3. The molecule has 0 unspecified atom stereocenters. The molecule has 43 heavy (non-hydrogen) atoms. The second-order valence-corrected chi connectivity index (χ2v) is 10.9. The zero-order valence-corrected chi connectivity index (χ0v) is 23.1. The molecule has 1 amide bonds. The molecule has 1 aliphatic carbocycles. The first kappa shape index (κ1) is 30.7. The number of halogens is 6. The molecule has 3 aromatic rings. The Balaban J connectivity index is 1.03. The monoisotopic (exact) mass is 608 g/mol. The number of alkyl halides is 6. The fourth-order valence-electron chi connectivity index (χ4n) is 5.58. The number of ether oxygens (including phenoxy) is 1. The first-order chi connectivity index (χ1) is 20.4. The number of fused-ring (bicyclic) bond motifs is 1. The number of piperazine rings is 1. The minimum absolute atomic E-state index is 0.0453. The Hall–Kier alpha value is -3.76. The Morgan fingerprint density at radius 3 is 2.33 bits per heavy atom. The molecule has 0 spiro atoms. The van der Waals surface area contributed by atoms with Gasteiger partial charge in [0.1, 0.15) is 18.0 Å². The minimum atomic E-state index is -4.62. The molecule has 2 fully saturated rings. The number of hydrogen-bond donors (Lipinski definition) is 1. The Morgan fingerprint density at radius 1 is 0.953 bits per heavy atom. The highest BCUT2D eigenvalue weighted by Crippen LogP contribution is 2.35. The lowest BCUT2D eigenvalue weighted by Crippen LogP contribution is -2.49. The number of nitriles is 1. The van der Waals surface area contributed by atoms with Gasteiger partial charge in [-0.1, -0.05) is 0 Å². The molecule has 1 N–H and O–H groups in total. The van der Waals surface area contributed by atoms with Crippen LogP contribution in [0, 0.1) is 11.3 Å². The van der Waals surface area contributed by atoms with Gasteiger partial charge < -0.3 is 19.4 Å². The van der Waals surface area contributed by atoms with Gasteiger partial charge in [-0.05, 0) is 68.1 Å². The lowest BCUT2D eigenvalue weighted by atomic mass is 9.92. The Bertz CT molecular complexity index is 1480. The standard InChI is InChI=1S/C30H30F6N4O3/c31-29(32,33)21-2-8-27-20(13-21)14-25(43-27)17-39-9-11-40(12-10-39)28(41)18-42-24-6-4-22(5-7-24)38-23-3-1-19(16-37)26(15-23)30(34,35)36/h1-3,8,13-15,22,24,38H,4-7,9-12,17-18H2. The van der Waals surface area contributed by atoms with E-state index in [-0.39, 0.29) is 24.7 Å². The number of carbonyl (C=O) groups excluding carboxylic acids is 1. The summed E-state index contributed by atoms with van der Waals surface area (Å²) >= 11 is 0. The fourth-order valence-corrected chi connectivity index (χ4v) is 5.58. The van der Waals surface area contributed by atoms with E-state index in [1.54, 1.807) is 17.0 Å². The van der Waals surface area contributed by atoms with Crippen LogP contribution in [0.2, 0.25) is 0 Å². The molecule has 7 nitrogen and oxygen atoms in total. The molecule has 2 heterocycles. The van der Waals surface area contributed by atoms with Crippen LogP contribution in [0.15, 0.2) is 46.9 Å². The van der Waals surface area contributed by atoms with Crippen molar-refractivity contribution in [3.63, 3.8) is 0 Å². The van der Waals surface area contributed by atoms with E-state index in [1.165, 1.54) is 18.2 Å². The van der Waals surface area contributed by atoms with E-state index in [0.717, 1.165) is 18.2 Å². The number of rotatable bonds is 7. The number of carbonyl (C=O) groups is 1. The van der Waals surface area contributed by atoms with E-state index < -0.39 is 29.0 Å². The first-order valence-corrected chi connectivity index (χ1v) is 14.0. The highest BCUT2D eigenvalue weighted by Gasteiger charge is 2.34. The quantitative estimate of drug-likeness (QED) is 0.312. The van der Waals surface area contributed by atoms with Crippen LogP contribution in [0.4, 0.5) is 32.0 Å². The fraction of sp³-hybridized carbons (Fsp3) is 0.467. The van der Waals surface area contributed by atoms with Crippen molar-refractivity contribution in [2.24, 2.45) is 0 Å². The molecule has 0 radical (unpaired) electrons. The van der Waals surface area contributed by atoms with Crippen molar-refractivity contribution in [2.45, 2.75) is 56.7 Å². The van der Waals surface area contributed by atoms with Crippen LogP contribution in [0.25, 0.3) is 11.0 Å². The van der Waals surface area contributed by atoms with Gasteiger partial charge in [0, 0.05) is 43.3 Å². The predicted octanol–water partition coefficient (Wildman–Crippen LogP) is 6.43. The van der Waals surface area contributed by atoms with E-state index in [1.807, 2.05) is 0 Å². The predicted molar refractivity (Wildman–Crippen MR) is 145 cm³/mol. The van der Waals surface area contributed by atoms with Crippen LogP contribution in [0.3, 0.4) is 0 Å². The zero-order chi connectivity index (χ0) is 30.8. The summed E-state index contributed by atoms with van der Waals surface area (Å²) in [6.45, 7) is 2.51. The van der Waals surface area contributed by atoms with Gasteiger partial charge >= 0.3 is 12.4 Å². The average Bonchev–Trinajstić information content (AvgIpc) is 3.38. The van der Waals surface area contributed by atoms with Crippen LogP contribution >= 0.6 is 0 Å². The molecule has 13 heteroatoms. The molecule has 0 atom stereocenters. The summed E-state index contributed by atoms with van der Waals surface area (Å²) in [5, 5.41) is 12.5. The lowest BCUT2D eigenvalue weighted by molar-refractivity contribution is -0.141. The third-order valence-electron chi connectivity index (χ3n) is 7.93. The van der Waals surface area contributed by atoms with Crippen LogP contribution < -0.4 is 5.32 Å². The summed E-state index contributed by atoms with van der Waals surface area (Å²) in [4.78, 5) is 16.6. The molecule has 230 valence electrons. The first-order valence-electron chi connectivity index (χ1n) is 14.0. The minimum Gasteiger partial charge on any atom is -0.460 e. The van der Waals surface area contributed by atoms with Crippen LogP contribution in [-0.2, 0) is 28.4 Å². The highest BCUT2D eigenvalue weighted by molar-refractivity contribution is 5.79. The van der Waals surface area contributed by atoms with E-state index in [2.05, 4.69) is 10.2 Å². The lowest BCUT2D eigenvalue weighted by Gasteiger charge is -2.35. The molecule has 2 aromatic carbocycles. The Kier molecular flexibility index (Phi) is 8.89. The molecule has 5 rings (SSSR count). The van der Waals surface area contributed by atoms with Gasteiger partial charge in [0.25, 0.3) is 0 Å². The third-order valence-corrected chi connectivity index (χ3v) is 7.93. The summed E-state index contributed by atoms with van der Waals surface area (Å²) in [5.74, 6) is 0.433. The smallest absolute Gasteiger partial charge is 0.417 e. The Morgan fingerprint density at radius 2 is 1.67 bits per heavy atom. The normalized spacial score (nSPS) is 20.3. The van der Waals surface area contributed by atoms with Gasteiger partial charge in [-0.3, -0.25) is 9.69 Å². The largest absolute Gasteiger partial charge is 0.460 e. The number of anilines is 1. The van der Waals surface area contributed by atoms with Crippen molar-refractivity contribution in [2.75, 3.05) is 38.1 Å². The number of amides is 1. The van der Waals surface area contributed by atoms with Crippen molar-refractivity contribution >= 4 is 22.6 Å². The second kappa shape index (κ2) is 12.5. The second-order valence-electron chi connectivity index (χ2n) is 10.9. The maximum absolute atomic E-state index is 13.3. The van der Waals surface area contributed by atoms with Gasteiger partial charge in [0.2, 0.25) is 5.91 Å². The molecule has 0 bridgehead atoms. The SMILES string of the molecule is N#Cc1ccc(NC2CCC(OCC(=O)N3CCN(Cc4cc5cc(C(F)(F)F)ccc5o4)CC3)CC2)cc1C(F)(F)F. The van der Waals surface area contributed by atoms with Gasteiger partial charge in [-0.15, -0.1) is 0 Å². The molecule has 1 saturated heterocycles. The summed E-state index contributed by atoms with van der Waals surface area (Å²) in [6, 6.07) is 10.1. The molecule has 1 aliphatic heterocycles. The molecule has 2 aliphatic rings. The summed E-state index contributed by atoms with van der Waals surface area (Å²) < 4.78 is 90.3. The highest BCUT2D eigenvalue weighted by atomic mass is 19.4. The van der Waals surface area contributed by atoms with Crippen molar-refractivity contribution in [3.05, 3.63) is 64.9 Å². The number of nitrogens with one attached hydrogen (secondary N) is 1. The van der Waals surface area contributed by atoms with Crippen molar-refractivity contribution in [1.82, 2.24) is 9.80 Å². The Labute approximate surface area is 244 Å². The molecular weight excluding hydrogens is 578 g/mol. The summed E-state index contributed by atoms with van der Waals surface area (Å²) in [7, 11) is 0. The number of furan rings is 1. The van der Waals surface area contributed by atoms with Gasteiger partial charge in [-0.2, -0.15) is 31.6 Å². The number of benzene rings is 2. The van der Waals surface area contributed by atoms with Crippen LogP contribution in [0.5, 0.6) is 0 Å². The van der Waals surface area contributed by atoms with Crippen LogP contribution in [0.1, 0.15) is 48.1 Å². The maximum atomic E-state index is 13.3. The topological polar surface area (TPSA) is 81.7 Å². The van der Waals surface area contributed by atoms with E-state index in [0.29, 0.717) is 80.8 Å². The van der Waals surface area contributed by atoms with Crippen molar-refractivity contribution < 1.29 is 40.3 Å². The van der Waals surface area contributed by atoms with Crippen molar-refractivity contribution in [3.8, 4) is 6.07 Å². The van der Waals surface area contributed by atoms with Gasteiger partial charge in [0.15, 0.2) is 0 Å². The summed E-state index contributed by atoms with van der Waals surface area (Å²) in [5.41, 5.74) is -1.41. The van der Waals surface area contributed by atoms with Gasteiger partial charge in [0.05, 0.1) is 35.4 Å². The molecular formula is C30H30F6N4O3. The van der Waals surface area contributed by atoms with E-state index >= 15 is 0 Å². The zero-order valence-electron chi connectivity index (χ0n) is 23.1. The molecule has 1 saturated carbocycles. The maximum Gasteiger partial charge on any atom is 0.417 e. The van der Waals surface area contributed by atoms with Crippen molar-refractivity contribution in [1.29, 1.82) is 5.26 Å². The summed E-state index contributed by atoms with van der Waals surface area (Å²) in [6.07, 6.45) is -6.52. The van der Waals surface area contributed by atoms with Gasteiger partial charge in [-0.25, -0.2) is 0 Å². The van der Waals surface area contributed by atoms with E-state index in [4.69, 9.17) is 14.4 Å². The van der Waals surface area contributed by atoms with Crippen LogP contribution in [-0.4, -0.2) is 60.6 Å². The molecule has 1 aromatic heterocycles. The average molecular weight is 609 g/mol. The number of hydrogen-bond acceptors (Lipinski definition) is 6. The third kappa shape index (κ3) is 7.61.